The van der Waals surface area contributed by atoms with Gasteiger partial charge in [-0.15, -0.1) is 0 Å². The molecule has 0 radical (unpaired) electrons. The molecule has 0 spiro atoms. The third-order valence-electron chi connectivity index (χ3n) is 1.34. The van der Waals surface area contributed by atoms with E-state index in [4.69, 9.17) is 4.74 Å². The lowest BCUT2D eigenvalue weighted by atomic mass is 10.5. The molecule has 1 aliphatic rings. The largest absolute Gasteiger partial charge is 0.461 e. The second kappa shape index (κ2) is 2.73. The van der Waals surface area contributed by atoms with E-state index >= 15 is 0 Å². The molecule has 0 aromatic heterocycles. The number of carbonyl (C=O) groups is 1. The molecule has 0 aliphatic carbocycles. The first-order valence-corrected chi connectivity index (χ1v) is 3.36. The van der Waals surface area contributed by atoms with Crippen LogP contribution in [0.4, 0.5) is 0 Å². The first-order chi connectivity index (χ1) is 4.75. The lowest BCUT2D eigenvalue weighted by molar-refractivity contribution is -0.139. The van der Waals surface area contributed by atoms with Crippen molar-refractivity contribution in [2.24, 2.45) is 0 Å². The van der Waals surface area contributed by atoms with E-state index in [0.29, 0.717) is 12.3 Å². The summed E-state index contributed by atoms with van der Waals surface area (Å²) < 4.78 is 4.72. The van der Waals surface area contributed by atoms with Gasteiger partial charge in [0.15, 0.2) is 0 Å². The third-order valence-corrected chi connectivity index (χ3v) is 1.34. The van der Waals surface area contributed by atoms with Crippen molar-refractivity contribution < 1.29 is 9.53 Å². The van der Waals surface area contributed by atoms with Crippen LogP contribution in [0.25, 0.3) is 0 Å². The predicted molar refractivity (Wildman–Crippen MR) is 37.3 cm³/mol. The standard InChI is InChI=1S/C7H11NO2/c1-3-10-7(9)6(2)8-4-5-8/h2-5H2,1H3. The van der Waals surface area contributed by atoms with E-state index < -0.39 is 0 Å². The number of ether oxygens (including phenoxy) is 1. The van der Waals surface area contributed by atoms with Gasteiger partial charge in [0.05, 0.1) is 6.61 Å². The zero-order chi connectivity index (χ0) is 7.56. The van der Waals surface area contributed by atoms with Gasteiger partial charge in [-0.1, -0.05) is 6.58 Å². The Labute approximate surface area is 60.3 Å². The van der Waals surface area contributed by atoms with E-state index in [0.717, 1.165) is 13.1 Å². The number of hydrogen-bond donors (Lipinski definition) is 0. The van der Waals surface area contributed by atoms with Crippen molar-refractivity contribution in [1.29, 1.82) is 0 Å². The highest BCUT2D eigenvalue weighted by atomic mass is 16.5. The fourth-order valence-electron chi connectivity index (χ4n) is 0.663. The second-order valence-electron chi connectivity index (χ2n) is 2.15. The van der Waals surface area contributed by atoms with Gasteiger partial charge in [0.25, 0.3) is 0 Å². The summed E-state index contributed by atoms with van der Waals surface area (Å²) in [5.74, 6) is -0.292. The summed E-state index contributed by atoms with van der Waals surface area (Å²) in [6, 6.07) is 0. The Bertz CT molecular complexity index is 161. The molecule has 0 saturated carbocycles. The smallest absolute Gasteiger partial charge is 0.353 e. The highest BCUT2D eigenvalue weighted by molar-refractivity contribution is 5.87. The van der Waals surface area contributed by atoms with E-state index in [9.17, 15) is 4.79 Å². The van der Waals surface area contributed by atoms with E-state index in [-0.39, 0.29) is 5.97 Å². The molecular weight excluding hydrogens is 130 g/mol. The third kappa shape index (κ3) is 1.50. The van der Waals surface area contributed by atoms with Gasteiger partial charge in [0.2, 0.25) is 0 Å². The Morgan fingerprint density at radius 2 is 2.30 bits per heavy atom. The maximum atomic E-state index is 10.9. The van der Waals surface area contributed by atoms with Crippen LogP contribution >= 0.6 is 0 Å². The molecule has 1 aliphatic heterocycles. The molecule has 10 heavy (non-hydrogen) atoms. The van der Waals surface area contributed by atoms with Crippen molar-refractivity contribution in [2.45, 2.75) is 6.92 Å². The Kier molecular flexibility index (Phi) is 1.94. The lowest BCUT2D eigenvalue weighted by Gasteiger charge is -2.04. The highest BCUT2D eigenvalue weighted by Gasteiger charge is 2.24. The number of carbonyl (C=O) groups excluding carboxylic acids is 1. The summed E-state index contributed by atoms with van der Waals surface area (Å²) >= 11 is 0. The quantitative estimate of drug-likeness (QED) is 0.323. The molecule has 0 amide bonds. The molecule has 3 heteroatoms. The Morgan fingerprint density at radius 3 is 2.70 bits per heavy atom. The molecule has 3 nitrogen and oxygen atoms in total. The van der Waals surface area contributed by atoms with Crippen molar-refractivity contribution in [3.8, 4) is 0 Å². The molecule has 0 aromatic carbocycles. The topological polar surface area (TPSA) is 29.3 Å². The zero-order valence-corrected chi connectivity index (χ0v) is 6.09. The van der Waals surface area contributed by atoms with Crippen LogP contribution in [-0.4, -0.2) is 30.6 Å². The molecule has 1 heterocycles. The monoisotopic (exact) mass is 141 g/mol. The summed E-state index contributed by atoms with van der Waals surface area (Å²) in [6.45, 7) is 7.68. The summed E-state index contributed by atoms with van der Waals surface area (Å²) in [5.41, 5.74) is 0.488. The molecule has 56 valence electrons. The van der Waals surface area contributed by atoms with Gasteiger partial charge in [-0.05, 0) is 6.92 Å². The maximum absolute atomic E-state index is 10.9. The molecule has 0 atom stereocenters. The first kappa shape index (κ1) is 7.12. The average Bonchev–Trinajstić information content (AvgIpc) is 2.68. The highest BCUT2D eigenvalue weighted by Crippen LogP contribution is 2.13. The van der Waals surface area contributed by atoms with Crippen LogP contribution in [0.5, 0.6) is 0 Å². The van der Waals surface area contributed by atoms with Gasteiger partial charge in [0.1, 0.15) is 5.70 Å². The van der Waals surface area contributed by atoms with E-state index in [1.165, 1.54) is 0 Å². The lowest BCUT2D eigenvalue weighted by Crippen LogP contribution is -2.12. The zero-order valence-electron chi connectivity index (χ0n) is 6.09. The normalized spacial score (nSPS) is 14.7. The van der Waals surface area contributed by atoms with Gasteiger partial charge in [-0.2, -0.15) is 0 Å². The van der Waals surface area contributed by atoms with Gasteiger partial charge in [0, 0.05) is 13.1 Å². The summed E-state index contributed by atoms with van der Waals surface area (Å²) in [5, 5.41) is 0. The number of nitrogens with zero attached hydrogens (tertiary/aromatic N) is 1. The summed E-state index contributed by atoms with van der Waals surface area (Å²) in [7, 11) is 0. The molecule has 0 N–H and O–H groups in total. The van der Waals surface area contributed by atoms with Crippen LogP contribution in [0.15, 0.2) is 12.3 Å². The Morgan fingerprint density at radius 1 is 1.70 bits per heavy atom. The van der Waals surface area contributed by atoms with Gasteiger partial charge in [-0.25, -0.2) is 4.79 Å². The molecule has 1 rings (SSSR count). The number of esters is 1. The first-order valence-electron chi connectivity index (χ1n) is 3.36. The van der Waals surface area contributed by atoms with Gasteiger partial charge < -0.3 is 9.64 Å². The Balaban J connectivity index is 2.32. The van der Waals surface area contributed by atoms with Crippen LogP contribution in [0.1, 0.15) is 6.92 Å². The number of hydrogen-bond acceptors (Lipinski definition) is 3. The average molecular weight is 141 g/mol. The van der Waals surface area contributed by atoms with E-state index in [2.05, 4.69) is 6.58 Å². The molecule has 0 aromatic rings. The minimum absolute atomic E-state index is 0.292. The SMILES string of the molecule is C=C(C(=O)OCC)N1CC1. The van der Waals surface area contributed by atoms with Crippen molar-refractivity contribution in [2.75, 3.05) is 19.7 Å². The van der Waals surface area contributed by atoms with Crippen molar-refractivity contribution in [3.05, 3.63) is 12.3 Å². The van der Waals surface area contributed by atoms with Gasteiger partial charge in [-0.3, -0.25) is 0 Å². The van der Waals surface area contributed by atoms with Crippen LogP contribution in [-0.2, 0) is 9.53 Å². The fourth-order valence-corrected chi connectivity index (χ4v) is 0.663. The van der Waals surface area contributed by atoms with Crippen LogP contribution in [0, 0.1) is 0 Å². The van der Waals surface area contributed by atoms with Crippen LogP contribution < -0.4 is 0 Å². The van der Waals surface area contributed by atoms with Gasteiger partial charge >= 0.3 is 5.97 Å². The minimum Gasteiger partial charge on any atom is -0.461 e. The van der Waals surface area contributed by atoms with E-state index in [1.807, 2.05) is 4.90 Å². The van der Waals surface area contributed by atoms with Crippen molar-refractivity contribution in [3.63, 3.8) is 0 Å². The van der Waals surface area contributed by atoms with Crippen LogP contribution in [0.2, 0.25) is 0 Å². The van der Waals surface area contributed by atoms with Crippen molar-refractivity contribution >= 4 is 5.97 Å². The predicted octanol–water partition coefficient (Wildman–Crippen LogP) is 0.379. The minimum atomic E-state index is -0.292. The molecule has 0 unspecified atom stereocenters. The molecule has 0 bridgehead atoms. The maximum Gasteiger partial charge on any atom is 0.353 e. The second-order valence-corrected chi connectivity index (χ2v) is 2.15. The molecule has 1 fully saturated rings. The Hall–Kier alpha value is -0.990. The van der Waals surface area contributed by atoms with E-state index in [1.54, 1.807) is 6.92 Å². The number of rotatable bonds is 3. The fraction of sp³-hybridized carbons (Fsp3) is 0.571. The summed E-state index contributed by atoms with van der Waals surface area (Å²) in [6.07, 6.45) is 0. The molecule has 1 saturated heterocycles. The van der Waals surface area contributed by atoms with Crippen molar-refractivity contribution in [1.82, 2.24) is 4.90 Å². The molecular formula is C7H11NO2. The summed E-state index contributed by atoms with van der Waals surface area (Å²) in [4.78, 5) is 12.7. The van der Waals surface area contributed by atoms with Crippen LogP contribution in [0.3, 0.4) is 0 Å².